The second-order valence-corrected chi connectivity index (χ2v) is 4.35. The first kappa shape index (κ1) is 13.8. The van der Waals surface area contributed by atoms with Gasteiger partial charge < -0.3 is 19.0 Å². The van der Waals surface area contributed by atoms with Crippen LogP contribution in [-0.4, -0.2) is 39.0 Å². The van der Waals surface area contributed by atoms with Crippen LogP contribution in [0.5, 0.6) is 17.2 Å². The molecule has 0 bridgehead atoms. The molecule has 1 unspecified atom stereocenters. The van der Waals surface area contributed by atoms with Crippen LogP contribution in [-0.2, 0) is 4.84 Å². The zero-order chi connectivity index (χ0) is 13.8. The van der Waals surface area contributed by atoms with Crippen LogP contribution in [0, 0.1) is 0 Å². The Morgan fingerprint density at radius 2 is 1.84 bits per heavy atom. The average molecular weight is 286 g/mol. The van der Waals surface area contributed by atoms with E-state index in [9.17, 15) is 0 Å². The Balaban J connectivity index is 2.37. The van der Waals surface area contributed by atoms with E-state index in [1.807, 2.05) is 12.1 Å². The molecule has 1 aliphatic rings. The van der Waals surface area contributed by atoms with E-state index >= 15 is 0 Å². The molecule has 0 N–H and O–H groups in total. The van der Waals surface area contributed by atoms with Gasteiger partial charge in [-0.2, -0.15) is 0 Å². The van der Waals surface area contributed by atoms with Gasteiger partial charge in [-0.1, -0.05) is 5.16 Å². The SMILES string of the molecule is COc1cc(C2=NOC(CCl)C2)cc(OC)c1OC. The normalized spacial score (nSPS) is 17.7. The van der Waals surface area contributed by atoms with Crippen LogP contribution in [0.3, 0.4) is 0 Å². The predicted molar refractivity (Wildman–Crippen MR) is 72.8 cm³/mol. The third kappa shape index (κ3) is 2.71. The summed E-state index contributed by atoms with van der Waals surface area (Å²) in [5, 5.41) is 4.04. The summed E-state index contributed by atoms with van der Waals surface area (Å²) < 4.78 is 15.9. The van der Waals surface area contributed by atoms with Gasteiger partial charge in [-0.3, -0.25) is 0 Å². The Bertz CT molecular complexity index is 465. The van der Waals surface area contributed by atoms with Crippen molar-refractivity contribution in [1.82, 2.24) is 0 Å². The third-order valence-electron chi connectivity index (χ3n) is 2.90. The fourth-order valence-corrected chi connectivity index (χ4v) is 2.09. The number of ether oxygens (including phenoxy) is 3. The second kappa shape index (κ2) is 6.02. The molecule has 19 heavy (non-hydrogen) atoms. The lowest BCUT2D eigenvalue weighted by molar-refractivity contribution is 0.102. The Morgan fingerprint density at radius 1 is 1.21 bits per heavy atom. The molecular formula is C13H16ClNO4. The predicted octanol–water partition coefficient (Wildman–Crippen LogP) is 2.44. The van der Waals surface area contributed by atoms with Gasteiger partial charge in [0, 0.05) is 12.0 Å². The van der Waals surface area contributed by atoms with Gasteiger partial charge in [-0.05, 0) is 12.1 Å². The molecule has 0 spiro atoms. The minimum Gasteiger partial charge on any atom is -0.493 e. The van der Waals surface area contributed by atoms with Crippen LogP contribution >= 0.6 is 11.6 Å². The molecule has 0 aliphatic carbocycles. The van der Waals surface area contributed by atoms with Gasteiger partial charge >= 0.3 is 0 Å². The van der Waals surface area contributed by atoms with E-state index in [1.165, 1.54) is 0 Å². The van der Waals surface area contributed by atoms with Crippen LogP contribution in [0.1, 0.15) is 12.0 Å². The number of rotatable bonds is 5. The summed E-state index contributed by atoms with van der Waals surface area (Å²) in [6, 6.07) is 3.69. The lowest BCUT2D eigenvalue weighted by Crippen LogP contribution is -2.10. The van der Waals surface area contributed by atoms with Gasteiger partial charge in [0.25, 0.3) is 0 Å². The number of nitrogens with zero attached hydrogens (tertiary/aromatic N) is 1. The highest BCUT2D eigenvalue weighted by Crippen LogP contribution is 2.39. The largest absolute Gasteiger partial charge is 0.493 e. The first-order chi connectivity index (χ1) is 9.23. The highest BCUT2D eigenvalue weighted by Gasteiger charge is 2.23. The summed E-state index contributed by atoms with van der Waals surface area (Å²) in [5.74, 6) is 2.15. The zero-order valence-corrected chi connectivity index (χ0v) is 11.9. The number of oxime groups is 1. The van der Waals surface area contributed by atoms with E-state index < -0.39 is 0 Å². The number of hydrogen-bond acceptors (Lipinski definition) is 5. The Labute approximate surface area is 117 Å². The summed E-state index contributed by atoms with van der Waals surface area (Å²) in [6.45, 7) is 0. The smallest absolute Gasteiger partial charge is 0.203 e. The summed E-state index contributed by atoms with van der Waals surface area (Å²) in [4.78, 5) is 5.22. The molecule has 1 atom stereocenters. The lowest BCUT2D eigenvalue weighted by atomic mass is 10.0. The maximum atomic E-state index is 5.76. The average Bonchev–Trinajstić information content (AvgIpc) is 2.94. The van der Waals surface area contributed by atoms with Crippen molar-refractivity contribution >= 4 is 17.3 Å². The highest BCUT2D eigenvalue weighted by atomic mass is 35.5. The molecule has 0 fully saturated rings. The standard InChI is InChI=1S/C13H16ClNO4/c1-16-11-4-8(5-12(17-2)13(11)18-3)10-6-9(7-14)19-15-10/h4-5,9H,6-7H2,1-3H3. The van der Waals surface area contributed by atoms with Crippen molar-refractivity contribution in [1.29, 1.82) is 0 Å². The van der Waals surface area contributed by atoms with Gasteiger partial charge in [0.15, 0.2) is 11.5 Å². The van der Waals surface area contributed by atoms with Crippen LogP contribution in [0.25, 0.3) is 0 Å². The van der Waals surface area contributed by atoms with Crippen LogP contribution < -0.4 is 14.2 Å². The number of alkyl halides is 1. The van der Waals surface area contributed by atoms with Gasteiger partial charge in [-0.25, -0.2) is 0 Å². The monoisotopic (exact) mass is 285 g/mol. The molecular weight excluding hydrogens is 270 g/mol. The van der Waals surface area contributed by atoms with Crippen LogP contribution in [0.15, 0.2) is 17.3 Å². The molecule has 0 radical (unpaired) electrons. The van der Waals surface area contributed by atoms with E-state index in [4.69, 9.17) is 30.6 Å². The van der Waals surface area contributed by atoms with Crippen molar-refractivity contribution in [3.63, 3.8) is 0 Å². The molecule has 2 rings (SSSR count). The van der Waals surface area contributed by atoms with Gasteiger partial charge in [0.2, 0.25) is 5.75 Å². The molecule has 0 saturated heterocycles. The minimum absolute atomic E-state index is 0.0734. The molecule has 104 valence electrons. The third-order valence-corrected chi connectivity index (χ3v) is 3.25. The Hall–Kier alpha value is -1.62. The van der Waals surface area contributed by atoms with Crippen molar-refractivity contribution in [2.75, 3.05) is 27.2 Å². The number of hydrogen-bond donors (Lipinski definition) is 0. The fraction of sp³-hybridized carbons (Fsp3) is 0.462. The van der Waals surface area contributed by atoms with E-state index in [0.717, 1.165) is 11.3 Å². The summed E-state index contributed by atoms with van der Waals surface area (Å²) in [7, 11) is 4.73. The molecule has 1 aromatic carbocycles. The van der Waals surface area contributed by atoms with Crippen molar-refractivity contribution in [2.24, 2.45) is 5.16 Å². The minimum atomic E-state index is -0.0734. The maximum absolute atomic E-state index is 5.76. The molecule has 0 saturated carbocycles. The van der Waals surface area contributed by atoms with E-state index in [-0.39, 0.29) is 6.10 Å². The molecule has 1 heterocycles. The van der Waals surface area contributed by atoms with Gasteiger partial charge in [0.05, 0.1) is 32.9 Å². The van der Waals surface area contributed by atoms with E-state index in [1.54, 1.807) is 21.3 Å². The Morgan fingerprint density at radius 3 is 2.26 bits per heavy atom. The van der Waals surface area contributed by atoms with Crippen molar-refractivity contribution in [3.8, 4) is 17.2 Å². The topological polar surface area (TPSA) is 49.3 Å². The van der Waals surface area contributed by atoms with Crippen LogP contribution in [0.2, 0.25) is 0 Å². The summed E-state index contributed by atoms with van der Waals surface area (Å²) in [6.07, 6.45) is 0.595. The quantitative estimate of drug-likeness (QED) is 0.780. The zero-order valence-electron chi connectivity index (χ0n) is 11.1. The van der Waals surface area contributed by atoms with Crippen molar-refractivity contribution in [2.45, 2.75) is 12.5 Å². The molecule has 1 aliphatic heterocycles. The highest BCUT2D eigenvalue weighted by molar-refractivity contribution is 6.18. The molecule has 0 amide bonds. The maximum Gasteiger partial charge on any atom is 0.203 e. The molecule has 0 aromatic heterocycles. The Kier molecular flexibility index (Phi) is 4.37. The fourth-order valence-electron chi connectivity index (χ4n) is 1.93. The van der Waals surface area contributed by atoms with Crippen LogP contribution in [0.4, 0.5) is 0 Å². The van der Waals surface area contributed by atoms with E-state index in [2.05, 4.69) is 5.16 Å². The summed E-state index contributed by atoms with van der Waals surface area (Å²) in [5.41, 5.74) is 1.70. The first-order valence-corrected chi connectivity index (χ1v) is 6.36. The number of methoxy groups -OCH3 is 3. The van der Waals surface area contributed by atoms with Crippen molar-refractivity contribution in [3.05, 3.63) is 17.7 Å². The molecule has 6 heteroatoms. The van der Waals surface area contributed by atoms with Gasteiger partial charge in [0.1, 0.15) is 6.10 Å². The van der Waals surface area contributed by atoms with Gasteiger partial charge in [-0.15, -0.1) is 11.6 Å². The van der Waals surface area contributed by atoms with E-state index in [0.29, 0.717) is 29.5 Å². The van der Waals surface area contributed by atoms with Crippen molar-refractivity contribution < 1.29 is 19.0 Å². The first-order valence-electron chi connectivity index (χ1n) is 5.82. The summed E-state index contributed by atoms with van der Waals surface area (Å²) >= 11 is 5.76. The lowest BCUT2D eigenvalue weighted by Gasteiger charge is -2.13. The second-order valence-electron chi connectivity index (χ2n) is 4.04. The number of halogens is 1. The molecule has 1 aromatic rings. The number of benzene rings is 1. The molecule has 5 nitrogen and oxygen atoms in total.